The van der Waals surface area contributed by atoms with Gasteiger partial charge in [-0.15, -0.1) is 0 Å². The second-order valence-electron chi connectivity index (χ2n) is 5.62. The molecule has 0 bridgehead atoms. The molecule has 1 aromatic carbocycles. The molecule has 0 aliphatic rings. The number of halogens is 2. The van der Waals surface area contributed by atoms with E-state index in [0.29, 0.717) is 5.56 Å². The van der Waals surface area contributed by atoms with Gasteiger partial charge in [0.15, 0.2) is 11.6 Å². The number of carboxylic acids is 1. The van der Waals surface area contributed by atoms with Crippen molar-refractivity contribution in [3.63, 3.8) is 0 Å². The van der Waals surface area contributed by atoms with E-state index in [1.807, 2.05) is 0 Å². The van der Waals surface area contributed by atoms with Crippen LogP contribution in [0.4, 0.5) is 8.78 Å². The summed E-state index contributed by atoms with van der Waals surface area (Å²) in [5.41, 5.74) is -0.575. The van der Waals surface area contributed by atoms with E-state index in [1.54, 1.807) is 20.8 Å². The van der Waals surface area contributed by atoms with Crippen molar-refractivity contribution < 1.29 is 23.5 Å². The summed E-state index contributed by atoms with van der Waals surface area (Å²) in [4.78, 5) is 22.9. The first-order chi connectivity index (χ1) is 9.64. The predicted octanol–water partition coefficient (Wildman–Crippen LogP) is 2.51. The van der Waals surface area contributed by atoms with Crippen molar-refractivity contribution in [2.45, 2.75) is 39.2 Å². The second kappa shape index (κ2) is 6.65. The molecule has 0 fully saturated rings. The third kappa shape index (κ3) is 4.81. The van der Waals surface area contributed by atoms with Crippen LogP contribution >= 0.6 is 0 Å². The molecule has 1 atom stereocenters. The van der Waals surface area contributed by atoms with Crippen LogP contribution in [0.25, 0.3) is 0 Å². The molecule has 1 unspecified atom stereocenters. The van der Waals surface area contributed by atoms with Crippen molar-refractivity contribution in [3.05, 3.63) is 35.4 Å². The van der Waals surface area contributed by atoms with E-state index >= 15 is 0 Å². The van der Waals surface area contributed by atoms with Crippen LogP contribution in [-0.4, -0.2) is 22.5 Å². The molecule has 0 saturated heterocycles. The molecule has 0 aliphatic carbocycles. The van der Waals surface area contributed by atoms with Crippen molar-refractivity contribution >= 4 is 11.9 Å². The molecule has 4 nitrogen and oxygen atoms in total. The highest BCUT2D eigenvalue weighted by molar-refractivity contribution is 5.80. The number of hydrogen-bond donors (Lipinski definition) is 2. The zero-order chi connectivity index (χ0) is 16.2. The highest BCUT2D eigenvalue weighted by Gasteiger charge is 2.32. The van der Waals surface area contributed by atoms with Gasteiger partial charge in [0.25, 0.3) is 0 Å². The van der Waals surface area contributed by atoms with Crippen LogP contribution in [0.3, 0.4) is 0 Å². The summed E-state index contributed by atoms with van der Waals surface area (Å²) < 4.78 is 25.9. The van der Waals surface area contributed by atoms with Crippen molar-refractivity contribution in [3.8, 4) is 0 Å². The summed E-state index contributed by atoms with van der Waals surface area (Å²) in [6.45, 7) is 5.26. The van der Waals surface area contributed by atoms with E-state index in [-0.39, 0.29) is 18.8 Å². The summed E-state index contributed by atoms with van der Waals surface area (Å²) >= 11 is 0. The van der Waals surface area contributed by atoms with Gasteiger partial charge in [0.2, 0.25) is 5.91 Å². The highest BCUT2D eigenvalue weighted by atomic mass is 19.2. The third-order valence-corrected chi connectivity index (χ3v) is 3.57. The standard InChI is InChI=1S/C15H19F2NO3/c1-9(2)15(3,8-14(20)21)18-13(19)7-10-4-5-11(16)12(17)6-10/h4-6,9H,7-8H2,1-3H3,(H,18,19)(H,20,21). The Balaban J connectivity index is 2.78. The van der Waals surface area contributed by atoms with Gasteiger partial charge in [0.05, 0.1) is 12.8 Å². The molecule has 0 saturated carbocycles. The fourth-order valence-corrected chi connectivity index (χ4v) is 1.90. The van der Waals surface area contributed by atoms with E-state index in [1.165, 1.54) is 6.07 Å². The fourth-order valence-electron chi connectivity index (χ4n) is 1.90. The number of carbonyl (C=O) groups excluding carboxylic acids is 1. The molecule has 21 heavy (non-hydrogen) atoms. The second-order valence-corrected chi connectivity index (χ2v) is 5.62. The van der Waals surface area contributed by atoms with Gasteiger partial charge in [0, 0.05) is 5.54 Å². The zero-order valence-electron chi connectivity index (χ0n) is 12.2. The number of carboxylic acid groups (broad SMARTS) is 1. The van der Waals surface area contributed by atoms with Crippen LogP contribution in [0.2, 0.25) is 0 Å². The first-order valence-corrected chi connectivity index (χ1v) is 6.61. The van der Waals surface area contributed by atoms with Gasteiger partial charge in [-0.25, -0.2) is 8.78 Å². The summed E-state index contributed by atoms with van der Waals surface area (Å²) in [6.07, 6.45) is -0.354. The highest BCUT2D eigenvalue weighted by Crippen LogP contribution is 2.21. The average molecular weight is 299 g/mol. The Morgan fingerprint density at radius 2 is 1.90 bits per heavy atom. The summed E-state index contributed by atoms with van der Waals surface area (Å²) in [5, 5.41) is 11.6. The number of aliphatic carboxylic acids is 1. The smallest absolute Gasteiger partial charge is 0.305 e. The van der Waals surface area contributed by atoms with E-state index in [0.717, 1.165) is 12.1 Å². The predicted molar refractivity (Wildman–Crippen MR) is 73.7 cm³/mol. The summed E-state index contributed by atoms with van der Waals surface area (Å²) in [7, 11) is 0. The van der Waals surface area contributed by atoms with E-state index in [2.05, 4.69) is 5.32 Å². The lowest BCUT2D eigenvalue weighted by atomic mass is 9.85. The minimum absolute atomic E-state index is 0.0949. The van der Waals surface area contributed by atoms with Crippen LogP contribution in [0.15, 0.2) is 18.2 Å². The minimum Gasteiger partial charge on any atom is -0.481 e. The third-order valence-electron chi connectivity index (χ3n) is 3.57. The van der Waals surface area contributed by atoms with E-state index in [4.69, 9.17) is 5.11 Å². The van der Waals surface area contributed by atoms with Crippen molar-refractivity contribution in [2.24, 2.45) is 5.92 Å². The van der Waals surface area contributed by atoms with Crippen LogP contribution in [-0.2, 0) is 16.0 Å². The number of benzene rings is 1. The van der Waals surface area contributed by atoms with Gasteiger partial charge in [-0.1, -0.05) is 19.9 Å². The zero-order valence-corrected chi connectivity index (χ0v) is 12.2. The van der Waals surface area contributed by atoms with Gasteiger partial charge in [-0.3, -0.25) is 9.59 Å². The maximum absolute atomic E-state index is 13.1. The Bertz CT molecular complexity index is 546. The molecule has 6 heteroatoms. The maximum atomic E-state index is 13.1. The first kappa shape index (κ1) is 17.1. The Hall–Kier alpha value is -1.98. The quantitative estimate of drug-likeness (QED) is 0.848. The number of hydrogen-bond acceptors (Lipinski definition) is 2. The van der Waals surface area contributed by atoms with Crippen LogP contribution < -0.4 is 5.32 Å². The monoisotopic (exact) mass is 299 g/mol. The topological polar surface area (TPSA) is 66.4 Å². The molecule has 1 rings (SSSR count). The van der Waals surface area contributed by atoms with Gasteiger partial charge < -0.3 is 10.4 Å². The molecule has 0 radical (unpaired) electrons. The lowest BCUT2D eigenvalue weighted by Gasteiger charge is -2.33. The van der Waals surface area contributed by atoms with Crippen molar-refractivity contribution in [2.75, 3.05) is 0 Å². The van der Waals surface area contributed by atoms with E-state index < -0.39 is 29.0 Å². The Morgan fingerprint density at radius 1 is 1.29 bits per heavy atom. The maximum Gasteiger partial charge on any atom is 0.305 e. The first-order valence-electron chi connectivity index (χ1n) is 6.61. The molecule has 1 aromatic rings. The molecule has 0 spiro atoms. The molecular formula is C15H19F2NO3. The molecule has 116 valence electrons. The number of carbonyl (C=O) groups is 2. The Labute approximate surface area is 122 Å². The van der Waals surface area contributed by atoms with Gasteiger partial charge in [0.1, 0.15) is 0 Å². The number of amides is 1. The summed E-state index contributed by atoms with van der Waals surface area (Å²) in [6, 6.07) is 3.23. The van der Waals surface area contributed by atoms with Gasteiger partial charge in [-0.05, 0) is 30.5 Å². The molecule has 0 aromatic heterocycles. The van der Waals surface area contributed by atoms with Crippen molar-refractivity contribution in [1.82, 2.24) is 5.32 Å². The minimum atomic E-state index is -1.02. The van der Waals surface area contributed by atoms with Crippen molar-refractivity contribution in [1.29, 1.82) is 0 Å². The number of rotatable bonds is 6. The summed E-state index contributed by atoms with van der Waals surface area (Å²) in [5.74, 6) is -3.53. The molecule has 0 aliphatic heterocycles. The Morgan fingerprint density at radius 3 is 2.38 bits per heavy atom. The van der Waals surface area contributed by atoms with Crippen LogP contribution in [0.5, 0.6) is 0 Å². The molecular weight excluding hydrogens is 280 g/mol. The van der Waals surface area contributed by atoms with E-state index in [9.17, 15) is 18.4 Å². The van der Waals surface area contributed by atoms with Crippen LogP contribution in [0, 0.1) is 17.6 Å². The lowest BCUT2D eigenvalue weighted by Crippen LogP contribution is -2.51. The Kier molecular flexibility index (Phi) is 5.41. The van der Waals surface area contributed by atoms with Gasteiger partial charge in [-0.2, -0.15) is 0 Å². The normalized spacial score (nSPS) is 13.8. The lowest BCUT2D eigenvalue weighted by molar-refractivity contribution is -0.139. The largest absolute Gasteiger partial charge is 0.481 e. The SMILES string of the molecule is CC(C)C(C)(CC(=O)O)NC(=O)Cc1ccc(F)c(F)c1. The number of nitrogens with one attached hydrogen (secondary N) is 1. The molecule has 2 N–H and O–H groups in total. The van der Waals surface area contributed by atoms with Crippen LogP contribution in [0.1, 0.15) is 32.8 Å². The van der Waals surface area contributed by atoms with Gasteiger partial charge >= 0.3 is 5.97 Å². The molecule has 1 amide bonds. The molecule has 0 heterocycles. The fraction of sp³-hybridized carbons (Fsp3) is 0.467. The average Bonchev–Trinajstić information content (AvgIpc) is 2.32.